The zero-order valence-corrected chi connectivity index (χ0v) is 17.7. The van der Waals surface area contributed by atoms with E-state index < -0.39 is 0 Å². The molecule has 30 heavy (non-hydrogen) atoms. The van der Waals surface area contributed by atoms with Gasteiger partial charge in [0.05, 0.1) is 32.0 Å². The molecule has 0 radical (unpaired) electrons. The molecule has 0 bridgehead atoms. The van der Waals surface area contributed by atoms with Crippen LogP contribution >= 0.6 is 0 Å². The minimum Gasteiger partial charge on any atom is -0.493 e. The second-order valence-electron chi connectivity index (χ2n) is 7.52. The number of amides is 2. The lowest BCUT2D eigenvalue weighted by atomic mass is 10.1. The molecule has 2 aromatic rings. The molecule has 0 unspecified atom stereocenters. The van der Waals surface area contributed by atoms with E-state index in [0.29, 0.717) is 29.3 Å². The first-order chi connectivity index (χ1) is 14.5. The molecule has 0 saturated heterocycles. The van der Waals surface area contributed by atoms with Crippen molar-refractivity contribution >= 4 is 17.5 Å². The minimum absolute atomic E-state index is 0.143. The van der Waals surface area contributed by atoms with Crippen molar-refractivity contribution in [1.29, 1.82) is 0 Å². The van der Waals surface area contributed by atoms with Crippen LogP contribution in [0.5, 0.6) is 11.5 Å². The zero-order chi connectivity index (χ0) is 21.5. The molecule has 1 aliphatic carbocycles. The van der Waals surface area contributed by atoms with E-state index in [1.54, 1.807) is 32.4 Å². The molecule has 3 rings (SSSR count). The first kappa shape index (κ1) is 21.6. The summed E-state index contributed by atoms with van der Waals surface area (Å²) in [5, 5.41) is 5.83. The van der Waals surface area contributed by atoms with E-state index in [9.17, 15) is 9.59 Å². The van der Waals surface area contributed by atoms with Gasteiger partial charge in [0.25, 0.3) is 5.91 Å². The summed E-state index contributed by atoms with van der Waals surface area (Å²) >= 11 is 0. The van der Waals surface area contributed by atoms with Gasteiger partial charge in [0.1, 0.15) is 0 Å². The summed E-state index contributed by atoms with van der Waals surface area (Å²) in [5.41, 5.74) is 2.13. The van der Waals surface area contributed by atoms with Crippen LogP contribution in [0, 0.1) is 0 Å². The predicted octanol–water partition coefficient (Wildman–Crippen LogP) is 2.71. The number of anilines is 1. The quantitative estimate of drug-likeness (QED) is 0.628. The van der Waals surface area contributed by atoms with Crippen LogP contribution in [0.3, 0.4) is 0 Å². The van der Waals surface area contributed by atoms with Crippen LogP contribution in [0.15, 0.2) is 42.5 Å². The first-order valence-electron chi connectivity index (χ1n) is 10.1. The summed E-state index contributed by atoms with van der Waals surface area (Å²) in [6.07, 6.45) is 2.81. The largest absolute Gasteiger partial charge is 0.493 e. The van der Waals surface area contributed by atoms with Gasteiger partial charge in [0.15, 0.2) is 11.5 Å². The Morgan fingerprint density at radius 1 is 1.07 bits per heavy atom. The summed E-state index contributed by atoms with van der Waals surface area (Å²) < 4.78 is 10.6. The number of hydrogen-bond donors (Lipinski definition) is 2. The molecule has 160 valence electrons. The van der Waals surface area contributed by atoms with Crippen molar-refractivity contribution in [1.82, 2.24) is 10.2 Å². The van der Waals surface area contributed by atoms with Gasteiger partial charge in [-0.15, -0.1) is 0 Å². The van der Waals surface area contributed by atoms with Crippen molar-refractivity contribution in [3.8, 4) is 11.5 Å². The van der Waals surface area contributed by atoms with Gasteiger partial charge in [0.2, 0.25) is 5.91 Å². The number of benzene rings is 2. The highest BCUT2D eigenvalue weighted by atomic mass is 16.5. The molecular weight excluding hydrogens is 382 g/mol. The van der Waals surface area contributed by atoms with Crippen LogP contribution in [-0.2, 0) is 11.2 Å². The Labute approximate surface area is 177 Å². The molecule has 7 nitrogen and oxygen atoms in total. The number of rotatable bonds is 10. The molecule has 0 aliphatic heterocycles. The van der Waals surface area contributed by atoms with Crippen molar-refractivity contribution in [3.63, 3.8) is 0 Å². The number of carbonyl (C=O) groups excluding carboxylic acids is 2. The highest BCUT2D eigenvalue weighted by molar-refractivity contribution is 6.04. The molecule has 2 amide bonds. The Kier molecular flexibility index (Phi) is 7.30. The van der Waals surface area contributed by atoms with E-state index in [1.165, 1.54) is 0 Å². The van der Waals surface area contributed by atoms with Gasteiger partial charge in [-0.25, -0.2) is 0 Å². The number of likely N-dealkylation sites (N-methyl/N-ethyl adjacent to an activating group) is 1. The van der Waals surface area contributed by atoms with Crippen LogP contribution in [0.25, 0.3) is 0 Å². The number of methoxy groups -OCH3 is 2. The van der Waals surface area contributed by atoms with Gasteiger partial charge < -0.3 is 20.1 Å². The van der Waals surface area contributed by atoms with Crippen molar-refractivity contribution in [2.75, 3.05) is 39.7 Å². The lowest BCUT2D eigenvalue weighted by molar-refractivity contribution is -0.117. The Hall–Kier alpha value is -3.06. The highest BCUT2D eigenvalue weighted by Crippen LogP contribution is 2.27. The van der Waals surface area contributed by atoms with E-state index in [1.807, 2.05) is 36.2 Å². The summed E-state index contributed by atoms with van der Waals surface area (Å²) in [7, 11) is 5.12. The third-order valence-corrected chi connectivity index (χ3v) is 5.00. The fourth-order valence-corrected chi connectivity index (χ4v) is 3.15. The number of ether oxygens (including phenoxy) is 2. The number of carbonyl (C=O) groups is 2. The molecule has 0 atom stereocenters. The fraction of sp³-hybridized carbons (Fsp3) is 0.391. The maximum atomic E-state index is 12.5. The summed E-state index contributed by atoms with van der Waals surface area (Å²) in [5.74, 6) is 1.08. The van der Waals surface area contributed by atoms with Crippen molar-refractivity contribution in [2.24, 2.45) is 0 Å². The second kappa shape index (κ2) is 10.1. The number of nitrogens with one attached hydrogen (secondary N) is 2. The number of para-hydroxylation sites is 1. The number of nitrogens with zero attached hydrogens (tertiary/aromatic N) is 1. The SMILES string of the molecule is COc1ccc(CCN(C)CC(=O)Nc2ccccc2C(=O)NC2CC2)cc1OC. The Morgan fingerprint density at radius 2 is 1.80 bits per heavy atom. The van der Waals surface area contributed by atoms with Crippen molar-refractivity contribution in [2.45, 2.75) is 25.3 Å². The molecule has 0 aromatic heterocycles. The fourth-order valence-electron chi connectivity index (χ4n) is 3.15. The van der Waals surface area contributed by atoms with Crippen LogP contribution < -0.4 is 20.1 Å². The van der Waals surface area contributed by atoms with Gasteiger partial charge in [-0.2, -0.15) is 0 Å². The Bertz CT molecular complexity index is 896. The monoisotopic (exact) mass is 411 g/mol. The predicted molar refractivity (Wildman–Crippen MR) is 116 cm³/mol. The third-order valence-electron chi connectivity index (χ3n) is 5.00. The maximum Gasteiger partial charge on any atom is 0.253 e. The number of hydrogen-bond acceptors (Lipinski definition) is 5. The normalized spacial score (nSPS) is 13.1. The smallest absolute Gasteiger partial charge is 0.253 e. The van der Waals surface area contributed by atoms with Gasteiger partial charge >= 0.3 is 0 Å². The third kappa shape index (κ3) is 5.97. The second-order valence-corrected chi connectivity index (χ2v) is 7.52. The molecule has 1 fully saturated rings. The van der Waals surface area contributed by atoms with Gasteiger partial charge in [-0.1, -0.05) is 18.2 Å². The summed E-state index contributed by atoms with van der Waals surface area (Å²) in [6.45, 7) is 0.929. The lowest BCUT2D eigenvalue weighted by Gasteiger charge is -2.18. The van der Waals surface area contributed by atoms with Gasteiger partial charge in [-0.05, 0) is 56.1 Å². The van der Waals surface area contributed by atoms with Crippen molar-refractivity contribution in [3.05, 3.63) is 53.6 Å². The highest BCUT2D eigenvalue weighted by Gasteiger charge is 2.25. The average Bonchev–Trinajstić information content (AvgIpc) is 3.56. The molecule has 1 saturated carbocycles. The Morgan fingerprint density at radius 3 is 2.50 bits per heavy atom. The molecule has 1 aliphatic rings. The molecule has 2 aromatic carbocycles. The topological polar surface area (TPSA) is 79.9 Å². The summed E-state index contributed by atoms with van der Waals surface area (Å²) in [6, 6.07) is 13.2. The lowest BCUT2D eigenvalue weighted by Crippen LogP contribution is -2.32. The molecular formula is C23H29N3O4. The van der Waals surface area contributed by atoms with E-state index in [4.69, 9.17) is 9.47 Å². The molecule has 2 N–H and O–H groups in total. The molecule has 0 spiro atoms. The first-order valence-corrected chi connectivity index (χ1v) is 10.1. The average molecular weight is 412 g/mol. The van der Waals surface area contributed by atoms with Gasteiger partial charge in [0, 0.05) is 12.6 Å². The molecule has 0 heterocycles. The van der Waals surface area contributed by atoms with E-state index in [0.717, 1.165) is 24.8 Å². The maximum absolute atomic E-state index is 12.5. The minimum atomic E-state index is -0.156. The van der Waals surface area contributed by atoms with Crippen molar-refractivity contribution < 1.29 is 19.1 Å². The van der Waals surface area contributed by atoms with E-state index in [-0.39, 0.29) is 24.4 Å². The Balaban J connectivity index is 1.52. The van der Waals surface area contributed by atoms with E-state index >= 15 is 0 Å². The standard InChI is InChI=1S/C23H29N3O4/c1-26(13-12-16-8-11-20(29-2)21(14-16)30-3)15-22(27)25-19-7-5-4-6-18(19)23(28)24-17-9-10-17/h4-8,11,14,17H,9-10,12-13,15H2,1-3H3,(H,24,28)(H,25,27). The van der Waals surface area contributed by atoms with Crippen LogP contribution in [0.4, 0.5) is 5.69 Å². The molecule has 7 heteroatoms. The summed E-state index contributed by atoms with van der Waals surface area (Å²) in [4.78, 5) is 26.8. The zero-order valence-electron chi connectivity index (χ0n) is 17.7. The van der Waals surface area contributed by atoms with Crippen LogP contribution in [0.1, 0.15) is 28.8 Å². The van der Waals surface area contributed by atoms with Crippen LogP contribution in [0.2, 0.25) is 0 Å². The van der Waals surface area contributed by atoms with Gasteiger partial charge in [-0.3, -0.25) is 14.5 Å². The van der Waals surface area contributed by atoms with Crippen LogP contribution in [-0.4, -0.2) is 57.1 Å². The van der Waals surface area contributed by atoms with E-state index in [2.05, 4.69) is 10.6 Å².